The molecule has 2 heterocycles. The predicted octanol–water partition coefficient (Wildman–Crippen LogP) is 7.65. The molecule has 0 aliphatic carbocycles. The van der Waals surface area contributed by atoms with Crippen molar-refractivity contribution in [2.45, 2.75) is 0 Å². The zero-order valence-corrected chi connectivity index (χ0v) is 16.8. The van der Waals surface area contributed by atoms with E-state index in [1.807, 2.05) is 0 Å². The number of hydrogen-bond donors (Lipinski definition) is 0. The molecule has 21 heavy (non-hydrogen) atoms. The van der Waals surface area contributed by atoms with E-state index in [9.17, 15) is 0 Å². The van der Waals surface area contributed by atoms with Crippen molar-refractivity contribution in [1.29, 1.82) is 0 Å². The van der Waals surface area contributed by atoms with Crippen molar-refractivity contribution in [3.63, 3.8) is 0 Å². The number of halogens is 2. The summed E-state index contributed by atoms with van der Waals surface area (Å²) in [4.78, 5) is -1.00. The Labute approximate surface area is 135 Å². The molecule has 2 aromatic carbocycles. The van der Waals surface area contributed by atoms with Gasteiger partial charge in [0.05, 0.1) is 0 Å². The first kappa shape index (κ1) is 14.6. The van der Waals surface area contributed by atoms with E-state index in [0.29, 0.717) is 0 Å². The molecular weight excluding hydrogens is 416 g/mol. The Morgan fingerprint density at radius 3 is 1.52 bits per heavy atom. The van der Waals surface area contributed by atoms with Gasteiger partial charge in [-0.3, -0.25) is 0 Å². The molecule has 5 heteroatoms. The Morgan fingerprint density at radius 1 is 0.619 bits per heavy atom. The molecule has 0 saturated heterocycles. The second-order valence-corrected chi connectivity index (χ2v) is 41.8. The summed E-state index contributed by atoms with van der Waals surface area (Å²) in [5.74, 6) is 4.60. The third-order valence-electron chi connectivity index (χ3n) is 3.78. The number of benzene rings is 2. The van der Waals surface area contributed by atoms with Crippen LogP contribution in [-0.4, -0.2) is 0 Å². The zero-order valence-electron chi connectivity index (χ0n) is 11.1. The number of hydrogen-bond acceptors (Lipinski definition) is 0. The van der Waals surface area contributed by atoms with Gasteiger partial charge in [-0.05, 0) is 0 Å². The molecule has 0 aliphatic heterocycles. The van der Waals surface area contributed by atoms with E-state index in [1.165, 1.54) is 21.0 Å². The summed E-state index contributed by atoms with van der Waals surface area (Å²) >= 11 is -3.30. The molecular formula is C16H12Cl2P2Zr. The average molecular weight is 428 g/mol. The fourth-order valence-electron chi connectivity index (χ4n) is 2.75. The molecule has 0 amide bonds. The van der Waals surface area contributed by atoms with Gasteiger partial charge in [0.1, 0.15) is 0 Å². The van der Waals surface area contributed by atoms with Crippen molar-refractivity contribution in [3.8, 4) is 0 Å². The van der Waals surface area contributed by atoms with Crippen LogP contribution in [0.3, 0.4) is 0 Å². The van der Waals surface area contributed by atoms with Crippen LogP contribution in [-0.2, 0) is 16.7 Å². The Kier molecular flexibility index (Phi) is 3.86. The van der Waals surface area contributed by atoms with E-state index >= 15 is 0 Å². The minimum atomic E-state index is -3.30. The molecule has 2 aromatic heterocycles. The number of fused-ring (bicyclic) bond motifs is 2. The first-order chi connectivity index (χ1) is 10.2. The van der Waals surface area contributed by atoms with Crippen LogP contribution in [0, 0.1) is 0 Å². The van der Waals surface area contributed by atoms with Crippen molar-refractivity contribution in [2.24, 2.45) is 0 Å². The molecule has 0 radical (unpaired) electrons. The van der Waals surface area contributed by atoms with Crippen LogP contribution in [0.1, 0.15) is 0 Å². The fraction of sp³-hybridized carbons (Fsp3) is 0. The van der Waals surface area contributed by atoms with Gasteiger partial charge >= 0.3 is 137 Å². The third kappa shape index (κ3) is 2.39. The molecule has 4 rings (SSSR count). The first-order valence-corrected chi connectivity index (χ1v) is 22.4. The van der Waals surface area contributed by atoms with E-state index < -0.39 is 26.4 Å². The van der Waals surface area contributed by atoms with Gasteiger partial charge in [-0.1, -0.05) is 0 Å². The fourth-order valence-corrected chi connectivity index (χ4v) is 39.7. The Balaban J connectivity index is 1.97. The summed E-state index contributed by atoms with van der Waals surface area (Å²) in [5, 5.41) is 5.37. The monoisotopic (exact) mass is 426 g/mol. The van der Waals surface area contributed by atoms with Crippen LogP contribution in [0.4, 0.5) is 0 Å². The van der Waals surface area contributed by atoms with E-state index in [1.54, 1.807) is 0 Å². The van der Waals surface area contributed by atoms with E-state index in [-0.39, 0.29) is 0 Å². The normalized spacial score (nSPS) is 14.0. The van der Waals surface area contributed by atoms with Crippen molar-refractivity contribution < 1.29 is 16.7 Å². The van der Waals surface area contributed by atoms with Crippen LogP contribution in [0.25, 0.3) is 21.0 Å². The maximum absolute atomic E-state index is 7.13. The Hall–Kier alpha value is -0.0169. The quantitative estimate of drug-likeness (QED) is 0.308. The molecule has 0 aliphatic rings. The van der Waals surface area contributed by atoms with Gasteiger partial charge in [0.15, 0.2) is 0 Å². The molecule has 0 fully saturated rings. The molecule has 104 valence electrons. The van der Waals surface area contributed by atoms with E-state index in [0.717, 1.165) is 0 Å². The van der Waals surface area contributed by atoms with Gasteiger partial charge in [-0.25, -0.2) is 0 Å². The molecule has 0 saturated carbocycles. The summed E-state index contributed by atoms with van der Waals surface area (Å²) in [6.45, 7) is 0. The van der Waals surface area contributed by atoms with Crippen LogP contribution in [0.15, 0.2) is 72.3 Å². The summed E-state index contributed by atoms with van der Waals surface area (Å²) in [6, 6.07) is 21.5. The second kappa shape index (κ2) is 5.56. The van der Waals surface area contributed by atoms with Crippen molar-refractivity contribution in [1.82, 2.24) is 0 Å². The second-order valence-electron chi connectivity index (χ2n) is 5.00. The third-order valence-corrected chi connectivity index (χ3v) is 42.6. The standard InChI is InChI=1S/2C8H6P.2ClH.Zr/c2*1-2-4-8-7(3-1)5-6-9-8;;;/h2*1-6H;2*1H;/q2*-1;;;+4/p-2. The minimum absolute atomic E-state index is 0.502. The van der Waals surface area contributed by atoms with Gasteiger partial charge in [0, 0.05) is 0 Å². The van der Waals surface area contributed by atoms with Gasteiger partial charge < -0.3 is 0 Å². The van der Waals surface area contributed by atoms with Crippen molar-refractivity contribution in [3.05, 3.63) is 72.3 Å². The zero-order chi connectivity index (χ0) is 14.4. The molecule has 2 atom stereocenters. The summed E-state index contributed by atoms with van der Waals surface area (Å²) in [6.07, 6.45) is 0. The maximum atomic E-state index is 7.13. The summed E-state index contributed by atoms with van der Waals surface area (Å²) in [7, 11) is 14.3. The molecule has 0 nitrogen and oxygen atoms in total. The SMILES string of the molecule is [Cl][Zr]([Cl])([p]1ccc2ccccc21)[p]1ccc2ccccc21. The van der Waals surface area contributed by atoms with Crippen molar-refractivity contribution >= 4 is 47.7 Å². The van der Waals surface area contributed by atoms with Gasteiger partial charge in [-0.2, -0.15) is 0 Å². The number of rotatable bonds is 2. The topological polar surface area (TPSA) is 0 Å². The molecule has 4 aromatic rings. The summed E-state index contributed by atoms with van der Waals surface area (Å²) < 4.78 is 0. The van der Waals surface area contributed by atoms with Gasteiger partial charge in [-0.15, -0.1) is 0 Å². The summed E-state index contributed by atoms with van der Waals surface area (Å²) in [5.41, 5.74) is 0. The average Bonchev–Trinajstić information content (AvgIpc) is 3.12. The van der Waals surface area contributed by atoms with Gasteiger partial charge in [0.2, 0.25) is 0 Å². The molecule has 0 spiro atoms. The molecule has 0 bridgehead atoms. The molecule has 2 unspecified atom stereocenters. The Morgan fingerprint density at radius 2 is 1.05 bits per heavy atom. The Bertz CT molecular complexity index is 863. The van der Waals surface area contributed by atoms with Gasteiger partial charge in [0.25, 0.3) is 0 Å². The molecule has 0 N–H and O–H groups in total. The predicted molar refractivity (Wildman–Crippen MR) is 95.8 cm³/mol. The van der Waals surface area contributed by atoms with Crippen LogP contribution >= 0.6 is 26.7 Å². The van der Waals surface area contributed by atoms with Crippen LogP contribution in [0.5, 0.6) is 0 Å². The van der Waals surface area contributed by atoms with Crippen molar-refractivity contribution in [2.75, 3.05) is 0 Å². The van der Waals surface area contributed by atoms with Crippen LogP contribution < -0.4 is 0 Å². The van der Waals surface area contributed by atoms with E-state index in [2.05, 4.69) is 72.3 Å². The first-order valence-electron chi connectivity index (χ1n) is 6.69. The van der Waals surface area contributed by atoms with E-state index in [4.69, 9.17) is 17.0 Å². The van der Waals surface area contributed by atoms with Crippen LogP contribution in [0.2, 0.25) is 0 Å².